The number of guanidine groups is 1. The number of fused-ring (bicyclic) bond motifs is 1. The number of rotatable bonds is 5. The minimum absolute atomic E-state index is 0.141. The average molecular weight is 233 g/mol. The maximum atomic E-state index is 5.66. The van der Waals surface area contributed by atoms with Gasteiger partial charge in [-0.2, -0.15) is 0 Å². The Labute approximate surface area is 102 Å². The molecule has 92 valence electrons. The van der Waals surface area contributed by atoms with E-state index in [2.05, 4.69) is 17.1 Å². The number of hydrogen-bond acceptors (Lipinski definition) is 2. The van der Waals surface area contributed by atoms with Crippen molar-refractivity contribution < 1.29 is 4.74 Å². The lowest BCUT2D eigenvalue weighted by Gasteiger charge is -2.07. The Kier molecular flexibility index (Phi) is 3.85. The van der Waals surface area contributed by atoms with Crippen molar-refractivity contribution in [1.29, 1.82) is 0 Å². The quantitative estimate of drug-likeness (QED) is 0.456. The summed E-state index contributed by atoms with van der Waals surface area (Å²) in [6.45, 7) is 1.27. The highest BCUT2D eigenvalue weighted by atomic mass is 16.5. The molecule has 1 aromatic rings. The Hall–Kier alpha value is -1.71. The summed E-state index contributed by atoms with van der Waals surface area (Å²) in [6.07, 6.45) is 4.49. The predicted octanol–water partition coefficient (Wildman–Crippen LogP) is 1.22. The van der Waals surface area contributed by atoms with Crippen LogP contribution in [0.15, 0.2) is 23.2 Å². The summed E-state index contributed by atoms with van der Waals surface area (Å²) in [5, 5.41) is 0. The van der Waals surface area contributed by atoms with Gasteiger partial charge in [-0.3, -0.25) is 4.99 Å². The molecule has 0 saturated heterocycles. The summed E-state index contributed by atoms with van der Waals surface area (Å²) in [5.74, 6) is 1.10. The molecular weight excluding hydrogens is 214 g/mol. The molecule has 0 amide bonds. The van der Waals surface area contributed by atoms with Gasteiger partial charge in [0.25, 0.3) is 0 Å². The number of aryl methyl sites for hydroxylation is 2. The van der Waals surface area contributed by atoms with Crippen LogP contribution in [0.25, 0.3) is 0 Å². The van der Waals surface area contributed by atoms with Gasteiger partial charge in [0.2, 0.25) is 0 Å². The monoisotopic (exact) mass is 233 g/mol. The topological polar surface area (TPSA) is 73.6 Å². The van der Waals surface area contributed by atoms with Crippen molar-refractivity contribution >= 4 is 5.96 Å². The normalized spacial score (nSPS) is 13.2. The first-order chi connectivity index (χ1) is 8.25. The van der Waals surface area contributed by atoms with Crippen molar-refractivity contribution in [2.75, 3.05) is 13.2 Å². The largest absolute Gasteiger partial charge is 0.494 e. The standard InChI is InChI=1S/C13H19N3O/c14-13(15)16-7-2-8-17-12-6-5-10-3-1-4-11(10)9-12/h5-6,9H,1-4,7-8H2,(H4,14,15,16). The molecule has 4 heteroatoms. The first kappa shape index (κ1) is 11.8. The number of nitrogens with two attached hydrogens (primary N) is 2. The van der Waals surface area contributed by atoms with Gasteiger partial charge >= 0.3 is 0 Å². The molecule has 0 saturated carbocycles. The van der Waals surface area contributed by atoms with Gasteiger partial charge in [0.05, 0.1) is 6.61 Å². The van der Waals surface area contributed by atoms with Crippen LogP contribution in [-0.2, 0) is 12.8 Å². The van der Waals surface area contributed by atoms with Gasteiger partial charge in [0.1, 0.15) is 5.75 Å². The SMILES string of the molecule is NC(N)=NCCCOc1ccc2c(c1)CCC2. The van der Waals surface area contributed by atoms with Gasteiger partial charge in [-0.15, -0.1) is 0 Å². The molecule has 0 bridgehead atoms. The van der Waals surface area contributed by atoms with Crippen LogP contribution in [-0.4, -0.2) is 19.1 Å². The summed E-state index contributed by atoms with van der Waals surface area (Å²) in [7, 11) is 0. The number of aliphatic imine (C=N–C) groups is 1. The van der Waals surface area contributed by atoms with Crippen molar-refractivity contribution in [2.45, 2.75) is 25.7 Å². The van der Waals surface area contributed by atoms with E-state index in [4.69, 9.17) is 16.2 Å². The van der Waals surface area contributed by atoms with E-state index in [9.17, 15) is 0 Å². The van der Waals surface area contributed by atoms with Crippen LogP contribution in [0.2, 0.25) is 0 Å². The second-order valence-electron chi connectivity index (χ2n) is 4.29. The van der Waals surface area contributed by atoms with Crippen LogP contribution >= 0.6 is 0 Å². The molecule has 17 heavy (non-hydrogen) atoms. The predicted molar refractivity (Wildman–Crippen MR) is 69.3 cm³/mol. The minimum Gasteiger partial charge on any atom is -0.494 e. The summed E-state index contributed by atoms with van der Waals surface area (Å²) < 4.78 is 5.66. The third-order valence-corrected chi connectivity index (χ3v) is 2.94. The fourth-order valence-electron chi connectivity index (χ4n) is 2.10. The Morgan fingerprint density at radius 1 is 1.24 bits per heavy atom. The number of benzene rings is 1. The molecule has 0 aromatic heterocycles. The molecule has 0 heterocycles. The Morgan fingerprint density at radius 2 is 2.06 bits per heavy atom. The van der Waals surface area contributed by atoms with Crippen molar-refractivity contribution in [2.24, 2.45) is 16.5 Å². The molecule has 2 rings (SSSR count). The highest BCUT2D eigenvalue weighted by Gasteiger charge is 2.10. The lowest BCUT2D eigenvalue weighted by molar-refractivity contribution is 0.313. The number of nitrogens with zero attached hydrogens (tertiary/aromatic N) is 1. The molecule has 0 atom stereocenters. The molecule has 0 aliphatic heterocycles. The third-order valence-electron chi connectivity index (χ3n) is 2.94. The van der Waals surface area contributed by atoms with E-state index in [1.54, 1.807) is 0 Å². The fourth-order valence-corrected chi connectivity index (χ4v) is 2.10. The first-order valence-corrected chi connectivity index (χ1v) is 6.06. The second kappa shape index (κ2) is 5.57. The van der Waals surface area contributed by atoms with E-state index in [-0.39, 0.29) is 5.96 Å². The minimum atomic E-state index is 0.141. The maximum Gasteiger partial charge on any atom is 0.185 e. The first-order valence-electron chi connectivity index (χ1n) is 6.06. The van der Waals surface area contributed by atoms with Crippen molar-refractivity contribution in [3.63, 3.8) is 0 Å². The summed E-state index contributed by atoms with van der Waals surface area (Å²) in [6, 6.07) is 6.38. The van der Waals surface area contributed by atoms with Gasteiger partial charge in [-0.1, -0.05) is 6.07 Å². The lowest BCUT2D eigenvalue weighted by atomic mass is 10.1. The van der Waals surface area contributed by atoms with Gasteiger partial charge in [0.15, 0.2) is 5.96 Å². The summed E-state index contributed by atoms with van der Waals surface area (Å²) in [4.78, 5) is 3.91. The number of hydrogen-bond donors (Lipinski definition) is 2. The molecule has 0 radical (unpaired) electrons. The zero-order valence-corrected chi connectivity index (χ0v) is 9.98. The molecule has 1 aliphatic carbocycles. The summed E-state index contributed by atoms with van der Waals surface area (Å²) >= 11 is 0. The Morgan fingerprint density at radius 3 is 2.88 bits per heavy atom. The third kappa shape index (κ3) is 3.37. The van der Waals surface area contributed by atoms with Crippen LogP contribution in [0, 0.1) is 0 Å². The Bertz CT molecular complexity index is 411. The van der Waals surface area contributed by atoms with E-state index >= 15 is 0 Å². The Balaban J connectivity index is 1.78. The van der Waals surface area contributed by atoms with Crippen LogP contribution in [0.3, 0.4) is 0 Å². The number of ether oxygens (including phenoxy) is 1. The van der Waals surface area contributed by atoms with E-state index in [1.807, 2.05) is 6.07 Å². The van der Waals surface area contributed by atoms with Gasteiger partial charge < -0.3 is 16.2 Å². The van der Waals surface area contributed by atoms with Crippen LogP contribution in [0.4, 0.5) is 0 Å². The second-order valence-corrected chi connectivity index (χ2v) is 4.29. The zero-order chi connectivity index (χ0) is 12.1. The lowest BCUT2D eigenvalue weighted by Crippen LogP contribution is -2.23. The zero-order valence-electron chi connectivity index (χ0n) is 9.98. The highest BCUT2D eigenvalue weighted by molar-refractivity contribution is 5.75. The van der Waals surface area contributed by atoms with E-state index in [1.165, 1.54) is 30.4 Å². The van der Waals surface area contributed by atoms with Crippen molar-refractivity contribution in [3.8, 4) is 5.75 Å². The highest BCUT2D eigenvalue weighted by Crippen LogP contribution is 2.25. The van der Waals surface area contributed by atoms with Crippen LogP contribution in [0.5, 0.6) is 5.75 Å². The van der Waals surface area contributed by atoms with Gasteiger partial charge in [-0.25, -0.2) is 0 Å². The molecule has 4 nitrogen and oxygen atoms in total. The average Bonchev–Trinajstić information content (AvgIpc) is 2.75. The molecule has 4 N–H and O–H groups in total. The molecule has 0 fully saturated rings. The van der Waals surface area contributed by atoms with Crippen LogP contribution < -0.4 is 16.2 Å². The van der Waals surface area contributed by atoms with E-state index in [0.717, 1.165) is 12.2 Å². The fraction of sp³-hybridized carbons (Fsp3) is 0.462. The molecular formula is C13H19N3O. The van der Waals surface area contributed by atoms with Gasteiger partial charge in [-0.05, 0) is 42.5 Å². The maximum absolute atomic E-state index is 5.66. The van der Waals surface area contributed by atoms with E-state index < -0.39 is 0 Å². The van der Waals surface area contributed by atoms with Gasteiger partial charge in [0, 0.05) is 13.0 Å². The molecule has 0 spiro atoms. The van der Waals surface area contributed by atoms with E-state index in [0.29, 0.717) is 13.2 Å². The van der Waals surface area contributed by atoms with Crippen molar-refractivity contribution in [1.82, 2.24) is 0 Å². The van der Waals surface area contributed by atoms with Crippen LogP contribution in [0.1, 0.15) is 24.0 Å². The smallest absolute Gasteiger partial charge is 0.185 e. The molecule has 1 aromatic carbocycles. The summed E-state index contributed by atoms with van der Waals surface area (Å²) in [5.41, 5.74) is 13.4. The molecule has 1 aliphatic rings. The van der Waals surface area contributed by atoms with Crippen molar-refractivity contribution in [3.05, 3.63) is 29.3 Å². The molecule has 0 unspecified atom stereocenters.